The second kappa shape index (κ2) is 9.92. The maximum atomic E-state index is 15.0. The quantitative estimate of drug-likeness (QED) is 0.226. The summed E-state index contributed by atoms with van der Waals surface area (Å²) in [5.41, 5.74) is 6.17. The molecule has 11 heteroatoms. The van der Waals surface area contributed by atoms with Crippen LogP contribution in [0.4, 0.5) is 23.4 Å². The molecule has 40 heavy (non-hydrogen) atoms. The van der Waals surface area contributed by atoms with Crippen molar-refractivity contribution in [2.24, 2.45) is 0 Å². The molecule has 6 nitrogen and oxygen atoms in total. The van der Waals surface area contributed by atoms with Gasteiger partial charge in [-0.25, -0.2) is 14.1 Å². The Morgan fingerprint density at radius 3 is 2.48 bits per heavy atom. The van der Waals surface area contributed by atoms with Crippen LogP contribution < -0.4 is 4.90 Å². The molecular formula is C29H25ClF4N6. The van der Waals surface area contributed by atoms with Crippen LogP contribution in [0.5, 0.6) is 0 Å². The van der Waals surface area contributed by atoms with Crippen molar-refractivity contribution >= 4 is 28.3 Å². The van der Waals surface area contributed by atoms with Crippen molar-refractivity contribution in [3.05, 3.63) is 87.6 Å². The Labute approximate surface area is 232 Å². The first-order chi connectivity index (χ1) is 19.2. The zero-order valence-corrected chi connectivity index (χ0v) is 22.5. The van der Waals surface area contributed by atoms with E-state index in [9.17, 15) is 17.6 Å². The Kier molecular flexibility index (Phi) is 6.53. The molecule has 6 rings (SSSR count). The van der Waals surface area contributed by atoms with E-state index in [1.165, 1.54) is 0 Å². The van der Waals surface area contributed by atoms with Gasteiger partial charge in [-0.2, -0.15) is 23.4 Å². The van der Waals surface area contributed by atoms with Crippen LogP contribution in [0.3, 0.4) is 0 Å². The summed E-state index contributed by atoms with van der Waals surface area (Å²) < 4.78 is 56.4. The van der Waals surface area contributed by atoms with Crippen molar-refractivity contribution in [1.82, 2.24) is 25.0 Å². The molecule has 3 aromatic heterocycles. The fourth-order valence-corrected chi connectivity index (χ4v) is 5.71. The van der Waals surface area contributed by atoms with Crippen LogP contribution in [0.2, 0.25) is 5.02 Å². The van der Waals surface area contributed by atoms with Crippen LogP contribution in [0.15, 0.2) is 48.8 Å². The number of pyridine rings is 1. The lowest BCUT2D eigenvalue weighted by Gasteiger charge is -2.28. The van der Waals surface area contributed by atoms with Gasteiger partial charge in [0.05, 0.1) is 39.4 Å². The molecule has 0 amide bonds. The average molecular weight is 569 g/mol. The highest BCUT2D eigenvalue weighted by Gasteiger charge is 2.34. The van der Waals surface area contributed by atoms with Crippen LogP contribution in [0, 0.1) is 5.82 Å². The van der Waals surface area contributed by atoms with Gasteiger partial charge in [-0.3, -0.25) is 5.10 Å². The highest BCUT2D eigenvalue weighted by molar-refractivity contribution is 6.35. The van der Waals surface area contributed by atoms with Crippen molar-refractivity contribution in [3.63, 3.8) is 0 Å². The van der Waals surface area contributed by atoms with E-state index in [-0.39, 0.29) is 12.4 Å². The monoisotopic (exact) mass is 568 g/mol. The maximum absolute atomic E-state index is 15.0. The van der Waals surface area contributed by atoms with Crippen LogP contribution in [-0.4, -0.2) is 31.5 Å². The summed E-state index contributed by atoms with van der Waals surface area (Å²) in [4.78, 5) is 5.56. The number of para-hydroxylation sites is 1. The first-order valence-corrected chi connectivity index (χ1v) is 13.4. The second-order valence-corrected chi connectivity index (χ2v) is 10.2. The molecule has 0 aliphatic carbocycles. The number of hydrogen-bond acceptors (Lipinski definition) is 4. The number of H-pyrrole nitrogens is 1. The molecular weight excluding hydrogens is 544 g/mol. The number of aryl methyl sites for hydroxylation is 2. The normalized spacial score (nSPS) is 13.7. The van der Waals surface area contributed by atoms with Gasteiger partial charge in [-0.1, -0.05) is 49.7 Å². The summed E-state index contributed by atoms with van der Waals surface area (Å²) in [6, 6.07) is 10.4. The zero-order chi connectivity index (χ0) is 28.2. The zero-order valence-electron chi connectivity index (χ0n) is 21.8. The molecule has 0 radical (unpaired) electrons. The Bertz CT molecular complexity index is 1720. The third-order valence-electron chi connectivity index (χ3n) is 7.48. The predicted molar refractivity (Wildman–Crippen MR) is 146 cm³/mol. The van der Waals surface area contributed by atoms with Gasteiger partial charge in [-0.05, 0) is 36.1 Å². The van der Waals surface area contributed by atoms with Gasteiger partial charge >= 0.3 is 6.18 Å². The first kappa shape index (κ1) is 26.3. The summed E-state index contributed by atoms with van der Waals surface area (Å²) in [6.07, 6.45) is -0.232. The molecule has 0 unspecified atom stereocenters. The molecule has 0 saturated heterocycles. The van der Waals surface area contributed by atoms with Crippen molar-refractivity contribution in [3.8, 4) is 16.9 Å². The van der Waals surface area contributed by atoms with Gasteiger partial charge in [0.1, 0.15) is 0 Å². The van der Waals surface area contributed by atoms with Gasteiger partial charge in [0, 0.05) is 42.2 Å². The van der Waals surface area contributed by atoms with E-state index >= 15 is 0 Å². The third kappa shape index (κ3) is 4.30. The molecule has 1 N–H and O–H groups in total. The average Bonchev–Trinajstić information content (AvgIpc) is 3.58. The predicted octanol–water partition coefficient (Wildman–Crippen LogP) is 7.31. The van der Waals surface area contributed by atoms with Crippen molar-refractivity contribution < 1.29 is 17.6 Å². The summed E-state index contributed by atoms with van der Waals surface area (Å²) in [6.45, 7) is 4.77. The number of benzene rings is 2. The van der Waals surface area contributed by atoms with Crippen LogP contribution in [-0.2, 0) is 32.0 Å². The van der Waals surface area contributed by atoms with Crippen molar-refractivity contribution in [2.45, 2.75) is 45.8 Å². The molecule has 206 valence electrons. The minimum absolute atomic E-state index is 0.120. The van der Waals surface area contributed by atoms with Gasteiger partial charge in [-0.15, -0.1) is 0 Å². The lowest BCUT2D eigenvalue weighted by Crippen LogP contribution is -2.32. The van der Waals surface area contributed by atoms with E-state index < -0.39 is 17.6 Å². The number of hydrogen-bond donors (Lipinski definition) is 1. The third-order valence-corrected chi connectivity index (χ3v) is 7.79. The fraction of sp³-hybridized carbons (Fsp3) is 0.276. The fourth-order valence-electron chi connectivity index (χ4n) is 5.51. The van der Waals surface area contributed by atoms with E-state index in [0.29, 0.717) is 35.8 Å². The minimum atomic E-state index is -4.68. The van der Waals surface area contributed by atoms with Gasteiger partial charge < -0.3 is 4.90 Å². The highest BCUT2D eigenvalue weighted by atomic mass is 35.5. The summed E-state index contributed by atoms with van der Waals surface area (Å²) >= 11 is 6.46. The number of alkyl halides is 3. The summed E-state index contributed by atoms with van der Waals surface area (Å²) in [5.74, 6) is -1.13. The molecule has 0 fully saturated rings. The van der Waals surface area contributed by atoms with Crippen LogP contribution >= 0.6 is 11.6 Å². The molecule has 0 atom stereocenters. The number of anilines is 1. The minimum Gasteiger partial charge on any atom is -0.349 e. The molecule has 0 spiro atoms. The van der Waals surface area contributed by atoms with E-state index in [1.54, 1.807) is 17.2 Å². The first-order valence-electron chi connectivity index (χ1n) is 13.0. The van der Waals surface area contributed by atoms with Crippen molar-refractivity contribution in [1.29, 1.82) is 0 Å². The van der Waals surface area contributed by atoms with Gasteiger partial charge in [0.25, 0.3) is 0 Å². The smallest absolute Gasteiger partial charge is 0.349 e. The lowest BCUT2D eigenvalue weighted by atomic mass is 9.97. The van der Waals surface area contributed by atoms with E-state index in [2.05, 4.69) is 41.2 Å². The standard InChI is InChI=1S/C29H25ClF4N6/c1-3-16-6-5-7-17(4-2)26(16)40-27(19-8-9-22(30)25-20(19)14-36-37-25)21-15-39(11-10-24(21)38-40)28-23(31)12-18(13-35-28)29(32,33)34/h5-9,12-14H,3-4,10-11,15H2,1-2H3,(H,36,37). The van der Waals surface area contributed by atoms with E-state index in [0.717, 1.165) is 57.6 Å². The molecule has 0 saturated carbocycles. The summed E-state index contributed by atoms with van der Waals surface area (Å²) in [7, 11) is 0. The second-order valence-electron chi connectivity index (χ2n) is 9.77. The number of rotatable bonds is 5. The van der Waals surface area contributed by atoms with Crippen molar-refractivity contribution in [2.75, 3.05) is 11.4 Å². The Morgan fingerprint density at radius 1 is 1.05 bits per heavy atom. The summed E-state index contributed by atoms with van der Waals surface area (Å²) in [5, 5.41) is 13.6. The largest absolute Gasteiger partial charge is 0.417 e. The van der Waals surface area contributed by atoms with Crippen LogP contribution in [0.25, 0.3) is 27.8 Å². The topological polar surface area (TPSA) is 62.6 Å². The number of fused-ring (bicyclic) bond motifs is 2. The number of nitrogens with zero attached hydrogens (tertiary/aromatic N) is 5. The van der Waals surface area contributed by atoms with Gasteiger partial charge in [0.2, 0.25) is 0 Å². The Balaban J connectivity index is 1.56. The number of nitrogens with one attached hydrogen (secondary N) is 1. The van der Waals surface area contributed by atoms with E-state index in [1.807, 2.05) is 16.8 Å². The molecule has 1 aliphatic heterocycles. The SMILES string of the molecule is CCc1cccc(CC)c1-n1nc2c(c1-c1ccc(Cl)c3[nH]ncc13)CN(c1ncc(C(F)(F)F)cc1F)CC2. The Morgan fingerprint density at radius 2 is 1.80 bits per heavy atom. The number of aromatic amines is 1. The Hall–Kier alpha value is -3.92. The molecule has 4 heterocycles. The molecule has 1 aliphatic rings. The molecule has 0 bridgehead atoms. The van der Waals surface area contributed by atoms with Crippen LogP contribution in [0.1, 0.15) is 41.8 Å². The molecule has 2 aromatic carbocycles. The number of halogens is 5. The highest BCUT2D eigenvalue weighted by Crippen LogP contribution is 2.40. The molecule has 5 aromatic rings. The van der Waals surface area contributed by atoms with Gasteiger partial charge in [0.15, 0.2) is 11.6 Å². The van der Waals surface area contributed by atoms with E-state index in [4.69, 9.17) is 16.7 Å². The lowest BCUT2D eigenvalue weighted by molar-refractivity contribution is -0.138. The maximum Gasteiger partial charge on any atom is 0.417 e. The number of aromatic nitrogens is 5.